The minimum atomic E-state index is -0.327. The number of nitrogens with zero attached hydrogens (tertiary/aromatic N) is 3. The maximum Gasteiger partial charge on any atom is 0.252 e. The summed E-state index contributed by atoms with van der Waals surface area (Å²) in [6, 6.07) is 0. The third-order valence-electron chi connectivity index (χ3n) is 1.23. The van der Waals surface area contributed by atoms with Crippen LogP contribution in [0.5, 0.6) is 0 Å². The number of rotatable bonds is 5. The van der Waals surface area contributed by atoms with Gasteiger partial charge in [0.25, 0.3) is 5.91 Å². The van der Waals surface area contributed by atoms with Crippen molar-refractivity contribution in [3.05, 3.63) is 12.4 Å². The molecule has 0 saturated heterocycles. The first-order valence-corrected chi connectivity index (χ1v) is 4.04. The van der Waals surface area contributed by atoms with E-state index in [2.05, 4.69) is 20.5 Å². The largest absolute Gasteiger partial charge is 0.370 e. The van der Waals surface area contributed by atoms with Gasteiger partial charge in [-0.05, 0) is 0 Å². The molecule has 76 valence electrons. The molecule has 0 aromatic carbocycles. The van der Waals surface area contributed by atoms with Gasteiger partial charge in [-0.2, -0.15) is 5.10 Å². The van der Waals surface area contributed by atoms with Crippen LogP contribution in [0.4, 0.5) is 5.95 Å². The summed E-state index contributed by atoms with van der Waals surface area (Å²) in [4.78, 5) is 14.9. The van der Waals surface area contributed by atoms with Crippen LogP contribution < -0.4 is 11.1 Å². The van der Waals surface area contributed by atoms with Crippen molar-refractivity contribution in [1.82, 2.24) is 15.2 Å². The van der Waals surface area contributed by atoms with Crippen LogP contribution in [-0.2, 0) is 9.53 Å². The van der Waals surface area contributed by atoms with Gasteiger partial charge >= 0.3 is 0 Å². The summed E-state index contributed by atoms with van der Waals surface area (Å²) in [5.74, 6) is -0.166. The zero-order chi connectivity index (χ0) is 10.2. The smallest absolute Gasteiger partial charge is 0.252 e. The molecule has 1 rings (SSSR count). The number of aromatic nitrogens is 3. The summed E-state index contributed by atoms with van der Waals surface area (Å²) >= 11 is 0. The van der Waals surface area contributed by atoms with Crippen molar-refractivity contribution in [1.29, 1.82) is 0 Å². The Morgan fingerprint density at radius 3 is 3.07 bits per heavy atom. The van der Waals surface area contributed by atoms with E-state index in [-0.39, 0.29) is 18.5 Å². The predicted molar refractivity (Wildman–Crippen MR) is 48.3 cm³/mol. The number of nitrogens with one attached hydrogen (secondary N) is 1. The van der Waals surface area contributed by atoms with Crippen LogP contribution in [0.15, 0.2) is 12.4 Å². The number of hydrogen-bond donors (Lipinski definition) is 2. The van der Waals surface area contributed by atoms with Crippen molar-refractivity contribution < 1.29 is 9.53 Å². The van der Waals surface area contributed by atoms with E-state index in [0.29, 0.717) is 13.2 Å². The average molecular weight is 197 g/mol. The highest BCUT2D eigenvalue weighted by Gasteiger charge is 2.03. The van der Waals surface area contributed by atoms with Gasteiger partial charge in [-0.25, -0.2) is 4.98 Å². The number of ether oxygens (including phenoxy) is 1. The van der Waals surface area contributed by atoms with Crippen LogP contribution in [0.25, 0.3) is 0 Å². The number of hydrogen-bond acceptors (Lipinski definition) is 6. The Kier molecular flexibility index (Phi) is 4.45. The zero-order valence-electron chi connectivity index (χ0n) is 7.51. The third-order valence-corrected chi connectivity index (χ3v) is 1.23. The van der Waals surface area contributed by atoms with E-state index in [1.165, 1.54) is 12.4 Å². The Labute approximate surface area is 80.7 Å². The molecule has 0 unspecified atom stereocenters. The monoisotopic (exact) mass is 197 g/mol. The van der Waals surface area contributed by atoms with Gasteiger partial charge in [-0.15, -0.1) is 5.10 Å². The summed E-state index contributed by atoms with van der Waals surface area (Å²) in [6.07, 6.45) is 2.85. The average Bonchev–Trinajstić information content (AvgIpc) is 2.20. The van der Waals surface area contributed by atoms with Gasteiger partial charge in [0.05, 0.1) is 19.0 Å². The maximum atomic E-state index is 11.1. The zero-order valence-corrected chi connectivity index (χ0v) is 7.51. The van der Waals surface area contributed by atoms with Gasteiger partial charge in [0.2, 0.25) is 5.95 Å². The molecule has 0 saturated carbocycles. The van der Waals surface area contributed by atoms with Crippen molar-refractivity contribution in [3.8, 4) is 0 Å². The standard InChI is InChI=1S/C7H11N5O2/c8-1-4-14-5-6(13)11-7-9-2-3-10-12-7/h2-3H,1,4-5,8H2,(H,9,11,12,13). The Bertz CT molecular complexity index is 279. The number of nitrogens with two attached hydrogens (primary N) is 1. The van der Waals surface area contributed by atoms with Crippen molar-refractivity contribution in [2.75, 3.05) is 25.1 Å². The first kappa shape index (κ1) is 10.5. The van der Waals surface area contributed by atoms with E-state index in [9.17, 15) is 4.79 Å². The fourth-order valence-corrected chi connectivity index (χ4v) is 0.714. The normalized spacial score (nSPS) is 9.79. The maximum absolute atomic E-state index is 11.1. The van der Waals surface area contributed by atoms with E-state index in [1.807, 2.05) is 0 Å². The number of anilines is 1. The molecular weight excluding hydrogens is 186 g/mol. The number of amides is 1. The fraction of sp³-hybridized carbons (Fsp3) is 0.429. The Hall–Kier alpha value is -1.60. The highest BCUT2D eigenvalue weighted by Crippen LogP contribution is 1.91. The molecule has 1 heterocycles. The van der Waals surface area contributed by atoms with Crippen molar-refractivity contribution >= 4 is 11.9 Å². The minimum absolute atomic E-state index is 0.0601. The van der Waals surface area contributed by atoms with Gasteiger partial charge in [-0.1, -0.05) is 0 Å². The van der Waals surface area contributed by atoms with Gasteiger partial charge in [0.1, 0.15) is 6.61 Å². The lowest BCUT2D eigenvalue weighted by molar-refractivity contribution is -0.120. The summed E-state index contributed by atoms with van der Waals surface area (Å²) in [5, 5.41) is 9.53. The molecule has 0 atom stereocenters. The van der Waals surface area contributed by atoms with E-state index < -0.39 is 0 Å². The van der Waals surface area contributed by atoms with Crippen LogP contribution in [0.3, 0.4) is 0 Å². The molecule has 0 fully saturated rings. The van der Waals surface area contributed by atoms with Crippen LogP contribution >= 0.6 is 0 Å². The van der Waals surface area contributed by atoms with Crippen molar-refractivity contribution in [2.45, 2.75) is 0 Å². The van der Waals surface area contributed by atoms with Gasteiger partial charge in [-0.3, -0.25) is 10.1 Å². The molecular formula is C7H11N5O2. The Balaban J connectivity index is 2.27. The van der Waals surface area contributed by atoms with E-state index in [4.69, 9.17) is 10.5 Å². The molecule has 7 nitrogen and oxygen atoms in total. The second-order valence-corrected chi connectivity index (χ2v) is 2.36. The molecule has 3 N–H and O–H groups in total. The van der Waals surface area contributed by atoms with Crippen molar-refractivity contribution in [3.63, 3.8) is 0 Å². The molecule has 7 heteroatoms. The molecule has 0 bridgehead atoms. The van der Waals surface area contributed by atoms with Crippen LogP contribution in [-0.4, -0.2) is 40.8 Å². The van der Waals surface area contributed by atoms with Gasteiger partial charge in [0, 0.05) is 6.54 Å². The third kappa shape index (κ3) is 3.87. The molecule has 1 aromatic heterocycles. The second-order valence-electron chi connectivity index (χ2n) is 2.36. The fourth-order valence-electron chi connectivity index (χ4n) is 0.714. The molecule has 0 spiro atoms. The van der Waals surface area contributed by atoms with Crippen molar-refractivity contribution in [2.24, 2.45) is 5.73 Å². The minimum Gasteiger partial charge on any atom is -0.370 e. The molecule has 14 heavy (non-hydrogen) atoms. The highest BCUT2D eigenvalue weighted by molar-refractivity contribution is 5.89. The first-order chi connectivity index (χ1) is 6.83. The lowest BCUT2D eigenvalue weighted by Gasteiger charge is -2.02. The first-order valence-electron chi connectivity index (χ1n) is 4.04. The van der Waals surface area contributed by atoms with Gasteiger partial charge < -0.3 is 10.5 Å². The van der Waals surface area contributed by atoms with E-state index >= 15 is 0 Å². The van der Waals surface area contributed by atoms with E-state index in [0.717, 1.165) is 0 Å². The molecule has 0 radical (unpaired) electrons. The number of carbonyl (C=O) groups excluding carboxylic acids is 1. The summed E-state index contributed by atoms with van der Waals surface area (Å²) < 4.78 is 4.90. The lowest BCUT2D eigenvalue weighted by atomic mass is 10.6. The summed E-state index contributed by atoms with van der Waals surface area (Å²) in [6.45, 7) is 0.674. The topological polar surface area (TPSA) is 103 Å². The molecule has 0 aliphatic rings. The molecule has 0 aliphatic carbocycles. The Morgan fingerprint density at radius 2 is 2.43 bits per heavy atom. The van der Waals surface area contributed by atoms with Crippen LogP contribution in [0, 0.1) is 0 Å². The molecule has 1 aromatic rings. The second kappa shape index (κ2) is 5.95. The van der Waals surface area contributed by atoms with Gasteiger partial charge in [0.15, 0.2) is 0 Å². The van der Waals surface area contributed by atoms with Crippen LogP contribution in [0.2, 0.25) is 0 Å². The lowest BCUT2D eigenvalue weighted by Crippen LogP contribution is -2.21. The predicted octanol–water partition coefficient (Wildman–Crippen LogP) is -1.21. The number of carbonyl (C=O) groups is 1. The summed E-state index contributed by atoms with van der Waals surface area (Å²) in [7, 11) is 0. The van der Waals surface area contributed by atoms with E-state index in [1.54, 1.807) is 0 Å². The Morgan fingerprint density at radius 1 is 1.57 bits per heavy atom. The highest BCUT2D eigenvalue weighted by atomic mass is 16.5. The molecule has 1 amide bonds. The van der Waals surface area contributed by atoms with Crippen LogP contribution in [0.1, 0.15) is 0 Å². The quantitative estimate of drug-likeness (QED) is 0.574. The summed E-state index contributed by atoms with van der Waals surface area (Å²) in [5.41, 5.74) is 5.18. The SMILES string of the molecule is NCCOCC(=O)Nc1nccnn1. The molecule has 0 aliphatic heterocycles.